The lowest BCUT2D eigenvalue weighted by Gasteiger charge is -2.13. The number of carbonyl (C=O) groups is 1. The molecule has 1 aliphatic rings. The van der Waals surface area contributed by atoms with Crippen LogP contribution in [0.5, 0.6) is 0 Å². The van der Waals surface area contributed by atoms with Crippen LogP contribution in [0.25, 0.3) is 0 Å². The van der Waals surface area contributed by atoms with Gasteiger partial charge in [-0.1, -0.05) is 6.07 Å². The van der Waals surface area contributed by atoms with Crippen molar-refractivity contribution < 1.29 is 4.79 Å². The Morgan fingerprint density at radius 1 is 1.50 bits per heavy atom. The quantitative estimate of drug-likeness (QED) is 0.878. The Bertz CT molecular complexity index is 428. The van der Waals surface area contributed by atoms with Crippen molar-refractivity contribution in [3.05, 3.63) is 23.8 Å². The SMILES string of the molecule is CC(=O)Nc1cc(NCC2CCSC2)ccc1C. The fourth-order valence-corrected chi connectivity index (χ4v) is 3.35. The lowest BCUT2D eigenvalue weighted by Crippen LogP contribution is -2.14. The summed E-state index contributed by atoms with van der Waals surface area (Å²) >= 11 is 2.03. The van der Waals surface area contributed by atoms with E-state index in [1.54, 1.807) is 0 Å². The van der Waals surface area contributed by atoms with Crippen LogP contribution in [0.15, 0.2) is 18.2 Å². The van der Waals surface area contributed by atoms with Crippen molar-refractivity contribution in [2.75, 3.05) is 28.7 Å². The topological polar surface area (TPSA) is 41.1 Å². The Balaban J connectivity index is 1.97. The van der Waals surface area contributed by atoms with Crippen LogP contribution in [0, 0.1) is 12.8 Å². The molecule has 18 heavy (non-hydrogen) atoms. The number of anilines is 2. The van der Waals surface area contributed by atoms with Gasteiger partial charge in [0, 0.05) is 24.8 Å². The average Bonchev–Trinajstić information content (AvgIpc) is 2.82. The molecule has 2 N–H and O–H groups in total. The summed E-state index contributed by atoms with van der Waals surface area (Å²) in [6.45, 7) is 4.56. The van der Waals surface area contributed by atoms with Crippen LogP contribution < -0.4 is 10.6 Å². The predicted molar refractivity (Wildman–Crippen MR) is 79.4 cm³/mol. The number of thioether (sulfide) groups is 1. The Hall–Kier alpha value is -1.16. The van der Waals surface area contributed by atoms with Gasteiger partial charge < -0.3 is 10.6 Å². The van der Waals surface area contributed by atoms with Gasteiger partial charge in [-0.2, -0.15) is 11.8 Å². The van der Waals surface area contributed by atoms with Gasteiger partial charge in [0.05, 0.1) is 0 Å². The number of amides is 1. The van der Waals surface area contributed by atoms with Crippen LogP contribution in [-0.4, -0.2) is 24.0 Å². The molecule has 1 aliphatic heterocycles. The van der Waals surface area contributed by atoms with Crippen LogP contribution in [0.3, 0.4) is 0 Å². The van der Waals surface area contributed by atoms with Gasteiger partial charge in [0.25, 0.3) is 0 Å². The molecule has 1 heterocycles. The fraction of sp³-hybridized carbons (Fsp3) is 0.500. The summed E-state index contributed by atoms with van der Waals surface area (Å²) in [6.07, 6.45) is 1.31. The molecule has 2 rings (SSSR count). The third-order valence-corrected chi connectivity index (χ3v) is 4.40. The Labute approximate surface area is 113 Å². The molecule has 0 spiro atoms. The van der Waals surface area contributed by atoms with Crippen LogP contribution in [0.2, 0.25) is 0 Å². The highest BCUT2D eigenvalue weighted by Crippen LogP contribution is 2.25. The van der Waals surface area contributed by atoms with Crippen molar-refractivity contribution in [1.82, 2.24) is 0 Å². The highest BCUT2D eigenvalue weighted by atomic mass is 32.2. The molecule has 1 atom stereocenters. The van der Waals surface area contributed by atoms with Crippen molar-refractivity contribution in [1.29, 1.82) is 0 Å². The van der Waals surface area contributed by atoms with E-state index >= 15 is 0 Å². The van der Waals surface area contributed by atoms with Gasteiger partial charge in [-0.15, -0.1) is 0 Å². The van der Waals surface area contributed by atoms with Gasteiger partial charge in [0.1, 0.15) is 0 Å². The van der Waals surface area contributed by atoms with Crippen LogP contribution in [0.1, 0.15) is 18.9 Å². The molecule has 98 valence electrons. The standard InChI is InChI=1S/C14H20N2OS/c1-10-3-4-13(7-14(10)16-11(2)17)15-8-12-5-6-18-9-12/h3-4,7,12,15H,5-6,8-9H2,1-2H3,(H,16,17). The molecule has 3 nitrogen and oxygen atoms in total. The second-order valence-electron chi connectivity index (χ2n) is 4.82. The number of hydrogen-bond donors (Lipinski definition) is 2. The minimum absolute atomic E-state index is 0.0255. The summed E-state index contributed by atoms with van der Waals surface area (Å²) in [5, 5.41) is 6.32. The first-order valence-electron chi connectivity index (χ1n) is 6.35. The maximum Gasteiger partial charge on any atom is 0.221 e. The monoisotopic (exact) mass is 264 g/mol. The summed E-state index contributed by atoms with van der Waals surface area (Å²) in [6, 6.07) is 6.12. The summed E-state index contributed by atoms with van der Waals surface area (Å²) in [7, 11) is 0. The highest BCUT2D eigenvalue weighted by Gasteiger charge is 2.14. The lowest BCUT2D eigenvalue weighted by molar-refractivity contribution is -0.114. The van der Waals surface area contributed by atoms with Gasteiger partial charge in [-0.25, -0.2) is 0 Å². The zero-order valence-corrected chi connectivity index (χ0v) is 11.8. The van der Waals surface area contributed by atoms with Gasteiger partial charge >= 0.3 is 0 Å². The van der Waals surface area contributed by atoms with E-state index < -0.39 is 0 Å². The second kappa shape index (κ2) is 6.14. The Morgan fingerprint density at radius 3 is 3.00 bits per heavy atom. The van der Waals surface area contributed by atoms with Crippen molar-refractivity contribution in [2.45, 2.75) is 20.3 Å². The average molecular weight is 264 g/mol. The highest BCUT2D eigenvalue weighted by molar-refractivity contribution is 7.99. The molecule has 1 saturated heterocycles. The van der Waals surface area contributed by atoms with Crippen molar-refractivity contribution in [3.63, 3.8) is 0 Å². The maximum atomic E-state index is 11.1. The van der Waals surface area contributed by atoms with Crippen LogP contribution >= 0.6 is 11.8 Å². The van der Waals surface area contributed by atoms with Crippen molar-refractivity contribution in [2.24, 2.45) is 5.92 Å². The van der Waals surface area contributed by atoms with E-state index in [9.17, 15) is 4.79 Å². The molecule has 1 unspecified atom stereocenters. The molecule has 0 aromatic heterocycles. The molecule has 1 aromatic rings. The molecular weight excluding hydrogens is 244 g/mol. The van der Waals surface area contributed by atoms with E-state index in [1.165, 1.54) is 24.9 Å². The summed E-state index contributed by atoms with van der Waals surface area (Å²) in [5.41, 5.74) is 3.07. The minimum Gasteiger partial charge on any atom is -0.385 e. The number of rotatable bonds is 4. The first-order chi connectivity index (χ1) is 8.65. The van der Waals surface area contributed by atoms with Gasteiger partial charge in [-0.05, 0) is 48.5 Å². The van der Waals surface area contributed by atoms with E-state index in [0.717, 1.165) is 29.4 Å². The van der Waals surface area contributed by atoms with Gasteiger partial charge in [0.2, 0.25) is 5.91 Å². The summed E-state index contributed by atoms with van der Waals surface area (Å²) < 4.78 is 0. The Morgan fingerprint density at radius 2 is 2.33 bits per heavy atom. The first-order valence-corrected chi connectivity index (χ1v) is 7.50. The number of carbonyl (C=O) groups excluding carboxylic acids is 1. The molecule has 0 saturated carbocycles. The predicted octanol–water partition coefficient (Wildman–Crippen LogP) is 3.12. The third-order valence-electron chi connectivity index (χ3n) is 3.17. The number of hydrogen-bond acceptors (Lipinski definition) is 3. The maximum absolute atomic E-state index is 11.1. The van der Waals surface area contributed by atoms with Crippen molar-refractivity contribution in [3.8, 4) is 0 Å². The second-order valence-corrected chi connectivity index (χ2v) is 5.97. The normalized spacial score (nSPS) is 18.7. The minimum atomic E-state index is -0.0255. The molecule has 0 bridgehead atoms. The zero-order chi connectivity index (χ0) is 13.0. The first kappa shape index (κ1) is 13.3. The molecule has 0 radical (unpaired) electrons. The van der Waals surface area contributed by atoms with E-state index in [-0.39, 0.29) is 5.91 Å². The Kier molecular flexibility index (Phi) is 4.53. The lowest BCUT2D eigenvalue weighted by atomic mass is 10.1. The van der Waals surface area contributed by atoms with Crippen LogP contribution in [0.4, 0.5) is 11.4 Å². The third kappa shape index (κ3) is 3.67. The van der Waals surface area contributed by atoms with Crippen molar-refractivity contribution >= 4 is 29.0 Å². The molecule has 1 fully saturated rings. The number of aryl methyl sites for hydroxylation is 1. The van der Waals surface area contributed by atoms with E-state index in [0.29, 0.717) is 0 Å². The van der Waals surface area contributed by atoms with E-state index in [2.05, 4.69) is 16.7 Å². The summed E-state index contributed by atoms with van der Waals surface area (Å²) in [5.74, 6) is 3.30. The number of benzene rings is 1. The molecule has 1 aromatic carbocycles. The molecule has 4 heteroatoms. The fourth-order valence-electron chi connectivity index (χ4n) is 2.06. The van der Waals surface area contributed by atoms with E-state index in [1.807, 2.05) is 30.8 Å². The number of nitrogens with one attached hydrogen (secondary N) is 2. The van der Waals surface area contributed by atoms with Gasteiger partial charge in [-0.3, -0.25) is 4.79 Å². The zero-order valence-electron chi connectivity index (χ0n) is 11.0. The molecular formula is C14H20N2OS. The van der Waals surface area contributed by atoms with Gasteiger partial charge in [0.15, 0.2) is 0 Å². The molecule has 1 amide bonds. The largest absolute Gasteiger partial charge is 0.385 e. The molecule has 0 aliphatic carbocycles. The van der Waals surface area contributed by atoms with E-state index in [4.69, 9.17) is 0 Å². The smallest absolute Gasteiger partial charge is 0.221 e. The summed E-state index contributed by atoms with van der Waals surface area (Å²) in [4.78, 5) is 11.1. The van der Waals surface area contributed by atoms with Crippen LogP contribution in [-0.2, 0) is 4.79 Å².